The van der Waals surface area contributed by atoms with Gasteiger partial charge in [-0.3, -0.25) is 4.79 Å². The van der Waals surface area contributed by atoms with E-state index < -0.39 is 0 Å². The van der Waals surface area contributed by atoms with Crippen molar-refractivity contribution in [1.29, 1.82) is 0 Å². The predicted octanol–water partition coefficient (Wildman–Crippen LogP) is 2.96. The Hall–Kier alpha value is -3.08. The lowest BCUT2D eigenvalue weighted by molar-refractivity contribution is -0.120. The smallest absolute Gasteiger partial charge is 0.244 e. The van der Waals surface area contributed by atoms with Gasteiger partial charge in [-0.15, -0.1) is 0 Å². The largest absolute Gasteiger partial charge is 0.507 e. The van der Waals surface area contributed by atoms with Gasteiger partial charge in [0.2, 0.25) is 5.91 Å². The fourth-order valence-corrected chi connectivity index (χ4v) is 2.48. The molecule has 5 nitrogen and oxygen atoms in total. The summed E-state index contributed by atoms with van der Waals surface area (Å²) in [6, 6.07) is 14.7. The third kappa shape index (κ3) is 3.23. The van der Waals surface area contributed by atoms with Gasteiger partial charge >= 0.3 is 0 Å². The number of carbonyl (C=O) groups excluding carboxylic acids is 1. The number of aromatic amines is 1. The van der Waals surface area contributed by atoms with Crippen LogP contribution in [-0.4, -0.2) is 21.7 Å². The summed E-state index contributed by atoms with van der Waals surface area (Å²) < 4.78 is 0. The second-order valence-corrected chi connectivity index (χ2v) is 5.29. The Morgan fingerprint density at radius 1 is 1.17 bits per heavy atom. The lowest BCUT2D eigenvalue weighted by atomic mass is 10.1. The molecule has 5 heteroatoms. The maximum atomic E-state index is 12.1. The summed E-state index contributed by atoms with van der Waals surface area (Å²) >= 11 is 0. The van der Waals surface area contributed by atoms with Crippen LogP contribution in [0.3, 0.4) is 0 Å². The second kappa shape index (κ2) is 6.36. The van der Waals surface area contributed by atoms with Crippen molar-refractivity contribution in [3.05, 3.63) is 65.9 Å². The van der Waals surface area contributed by atoms with E-state index in [1.807, 2.05) is 36.5 Å². The number of rotatable bonds is 4. The molecule has 0 aliphatic heterocycles. The molecule has 1 amide bonds. The molecule has 0 fully saturated rings. The van der Waals surface area contributed by atoms with E-state index in [0.29, 0.717) is 11.3 Å². The molecule has 23 heavy (non-hydrogen) atoms. The highest BCUT2D eigenvalue weighted by Crippen LogP contribution is 2.18. The molecule has 0 aliphatic carbocycles. The van der Waals surface area contributed by atoms with Crippen LogP contribution in [0.2, 0.25) is 0 Å². The molecule has 3 aromatic rings. The number of amides is 1. The van der Waals surface area contributed by atoms with Gasteiger partial charge in [0.1, 0.15) is 5.75 Å². The zero-order valence-corrected chi connectivity index (χ0v) is 12.7. The Morgan fingerprint density at radius 2 is 1.91 bits per heavy atom. The number of aromatic hydroxyl groups is 1. The van der Waals surface area contributed by atoms with Gasteiger partial charge < -0.3 is 10.1 Å². The minimum Gasteiger partial charge on any atom is -0.507 e. The van der Waals surface area contributed by atoms with E-state index in [-0.39, 0.29) is 18.1 Å². The van der Waals surface area contributed by atoms with Crippen LogP contribution in [0.1, 0.15) is 18.1 Å². The number of benzene rings is 2. The Morgan fingerprint density at radius 3 is 2.74 bits per heavy atom. The maximum Gasteiger partial charge on any atom is 0.244 e. The highest BCUT2D eigenvalue weighted by Gasteiger charge is 2.09. The van der Waals surface area contributed by atoms with Crippen LogP contribution in [0.5, 0.6) is 5.75 Å². The highest BCUT2D eigenvalue weighted by molar-refractivity contribution is 6.01. The van der Waals surface area contributed by atoms with E-state index in [0.717, 1.165) is 16.5 Å². The maximum absolute atomic E-state index is 12.1. The minimum atomic E-state index is -0.204. The highest BCUT2D eigenvalue weighted by atomic mass is 16.3. The Kier molecular flexibility index (Phi) is 4.10. The summed E-state index contributed by atoms with van der Waals surface area (Å²) in [6.45, 7) is 1.74. The van der Waals surface area contributed by atoms with Gasteiger partial charge in [0.25, 0.3) is 0 Å². The van der Waals surface area contributed by atoms with Gasteiger partial charge in [-0.25, -0.2) is 5.43 Å². The van der Waals surface area contributed by atoms with E-state index in [1.165, 1.54) is 0 Å². The summed E-state index contributed by atoms with van der Waals surface area (Å²) in [6.07, 6.45) is 2.07. The number of phenols is 1. The third-order valence-corrected chi connectivity index (χ3v) is 3.67. The monoisotopic (exact) mass is 307 g/mol. The van der Waals surface area contributed by atoms with Gasteiger partial charge in [-0.1, -0.05) is 30.3 Å². The summed E-state index contributed by atoms with van der Waals surface area (Å²) in [5, 5.41) is 14.9. The van der Waals surface area contributed by atoms with Crippen molar-refractivity contribution in [3.8, 4) is 5.75 Å². The van der Waals surface area contributed by atoms with Crippen molar-refractivity contribution >= 4 is 22.5 Å². The second-order valence-electron chi connectivity index (χ2n) is 5.29. The molecule has 3 rings (SSSR count). The summed E-state index contributed by atoms with van der Waals surface area (Å²) in [5.41, 5.74) is 5.61. The number of nitrogens with one attached hydrogen (secondary N) is 2. The van der Waals surface area contributed by atoms with Gasteiger partial charge in [-0.05, 0) is 30.7 Å². The molecule has 0 atom stereocenters. The summed E-state index contributed by atoms with van der Waals surface area (Å²) in [7, 11) is 0. The van der Waals surface area contributed by atoms with E-state index in [2.05, 4.69) is 15.5 Å². The molecule has 116 valence electrons. The lowest BCUT2D eigenvalue weighted by Gasteiger charge is -2.04. The first-order valence-corrected chi connectivity index (χ1v) is 7.31. The van der Waals surface area contributed by atoms with Crippen LogP contribution in [0.25, 0.3) is 10.9 Å². The molecule has 0 spiro atoms. The van der Waals surface area contributed by atoms with Crippen molar-refractivity contribution < 1.29 is 9.90 Å². The van der Waals surface area contributed by atoms with Crippen LogP contribution in [-0.2, 0) is 11.2 Å². The summed E-state index contributed by atoms with van der Waals surface area (Å²) in [5.74, 6) is -0.0656. The first-order valence-electron chi connectivity index (χ1n) is 7.31. The Bertz CT molecular complexity index is 881. The standard InChI is InChI=1S/C18H17N3O2/c1-12(14-6-3-5-9-17(14)22)20-21-18(23)10-13-11-19-16-8-4-2-7-15(13)16/h2-9,11,19,22H,10H2,1H3,(H,21,23)/b20-12+. The normalized spacial score (nSPS) is 11.6. The van der Waals surface area contributed by atoms with Crippen LogP contribution in [0.4, 0.5) is 0 Å². The molecule has 1 heterocycles. The molecular weight excluding hydrogens is 290 g/mol. The van der Waals surface area contributed by atoms with E-state index >= 15 is 0 Å². The number of para-hydroxylation sites is 2. The molecule has 0 bridgehead atoms. The zero-order chi connectivity index (χ0) is 16.2. The quantitative estimate of drug-likeness (QED) is 0.512. The van der Waals surface area contributed by atoms with Crippen LogP contribution in [0, 0.1) is 0 Å². The zero-order valence-electron chi connectivity index (χ0n) is 12.7. The SMILES string of the molecule is C/C(=N\NC(=O)Cc1c[nH]c2ccccc12)c1ccccc1O. The van der Waals surface area contributed by atoms with Gasteiger partial charge in [-0.2, -0.15) is 5.10 Å². The van der Waals surface area contributed by atoms with Crippen LogP contribution < -0.4 is 5.43 Å². The van der Waals surface area contributed by atoms with Crippen molar-refractivity contribution in [2.24, 2.45) is 5.10 Å². The van der Waals surface area contributed by atoms with Crippen LogP contribution >= 0.6 is 0 Å². The number of aromatic nitrogens is 1. The minimum absolute atomic E-state index is 0.139. The van der Waals surface area contributed by atoms with Gasteiger partial charge in [0.15, 0.2) is 0 Å². The number of hydrogen-bond acceptors (Lipinski definition) is 3. The number of phenolic OH excluding ortho intramolecular Hbond substituents is 1. The van der Waals surface area contributed by atoms with Gasteiger partial charge in [0, 0.05) is 22.7 Å². The van der Waals surface area contributed by atoms with Crippen LogP contribution in [0.15, 0.2) is 59.8 Å². The van der Waals surface area contributed by atoms with E-state index in [1.54, 1.807) is 25.1 Å². The molecule has 0 radical (unpaired) electrons. The number of fused-ring (bicyclic) bond motifs is 1. The number of hydrogen-bond donors (Lipinski definition) is 3. The average molecular weight is 307 g/mol. The molecular formula is C18H17N3O2. The lowest BCUT2D eigenvalue weighted by Crippen LogP contribution is -2.21. The predicted molar refractivity (Wildman–Crippen MR) is 90.5 cm³/mol. The molecule has 1 aromatic heterocycles. The topological polar surface area (TPSA) is 77.5 Å². The molecule has 2 aromatic carbocycles. The van der Waals surface area contributed by atoms with E-state index in [9.17, 15) is 9.90 Å². The van der Waals surface area contributed by atoms with Crippen molar-refractivity contribution in [2.75, 3.05) is 0 Å². The molecule has 3 N–H and O–H groups in total. The summed E-state index contributed by atoms with van der Waals surface area (Å²) in [4.78, 5) is 15.2. The number of nitrogens with zero attached hydrogens (tertiary/aromatic N) is 1. The number of carbonyl (C=O) groups is 1. The van der Waals surface area contributed by atoms with Gasteiger partial charge in [0.05, 0.1) is 12.1 Å². The number of H-pyrrole nitrogens is 1. The molecule has 0 unspecified atom stereocenters. The van der Waals surface area contributed by atoms with Crippen molar-refractivity contribution in [1.82, 2.24) is 10.4 Å². The fourth-order valence-electron chi connectivity index (χ4n) is 2.48. The first-order chi connectivity index (χ1) is 11.1. The molecule has 0 saturated carbocycles. The Labute approximate surface area is 133 Å². The fraction of sp³-hybridized carbons (Fsp3) is 0.111. The van der Waals surface area contributed by atoms with Crippen molar-refractivity contribution in [3.63, 3.8) is 0 Å². The van der Waals surface area contributed by atoms with E-state index in [4.69, 9.17) is 0 Å². The first kappa shape index (κ1) is 14.8. The third-order valence-electron chi connectivity index (χ3n) is 3.67. The van der Waals surface area contributed by atoms with Crippen molar-refractivity contribution in [2.45, 2.75) is 13.3 Å². The molecule has 0 saturated heterocycles. The Balaban J connectivity index is 1.70. The molecule has 0 aliphatic rings. The average Bonchev–Trinajstić information content (AvgIpc) is 2.96. The number of hydrazone groups is 1.